The summed E-state index contributed by atoms with van der Waals surface area (Å²) in [5.74, 6) is 1.26. The number of rotatable bonds is 3. The van der Waals surface area contributed by atoms with Crippen molar-refractivity contribution in [1.82, 2.24) is 15.0 Å². The average Bonchev–Trinajstić information content (AvgIpc) is 3.09. The Morgan fingerprint density at radius 2 is 2.21 bits per heavy atom. The maximum Gasteiger partial charge on any atom is 0.172 e. The standard InChI is InChI=1S/C10H13N3O/c1-6-4-9(6)13-10(7-2-3-7)8(5-14)11-12-13/h5-7,9H,2-4H2,1H3. The molecule has 2 saturated carbocycles. The molecule has 2 unspecified atom stereocenters. The minimum atomic E-state index is 0.506. The molecule has 4 nitrogen and oxygen atoms in total. The van der Waals surface area contributed by atoms with E-state index in [-0.39, 0.29) is 0 Å². The van der Waals surface area contributed by atoms with Gasteiger partial charge in [0, 0.05) is 5.92 Å². The summed E-state index contributed by atoms with van der Waals surface area (Å²) >= 11 is 0. The summed E-state index contributed by atoms with van der Waals surface area (Å²) in [5.41, 5.74) is 1.65. The van der Waals surface area contributed by atoms with E-state index in [9.17, 15) is 4.79 Å². The fourth-order valence-electron chi connectivity index (χ4n) is 2.04. The molecule has 3 rings (SSSR count). The molecule has 2 fully saturated rings. The minimum absolute atomic E-state index is 0.506. The highest BCUT2D eigenvalue weighted by Gasteiger charge is 2.41. The van der Waals surface area contributed by atoms with Crippen LogP contribution in [0.25, 0.3) is 0 Å². The summed E-state index contributed by atoms with van der Waals surface area (Å²) in [7, 11) is 0. The predicted molar refractivity (Wildman–Crippen MR) is 50.2 cm³/mol. The molecule has 0 spiro atoms. The Hall–Kier alpha value is -1.19. The third kappa shape index (κ3) is 1.10. The number of hydrogen-bond donors (Lipinski definition) is 0. The lowest BCUT2D eigenvalue weighted by molar-refractivity contribution is 0.111. The molecule has 74 valence electrons. The summed E-state index contributed by atoms with van der Waals surface area (Å²) in [6.07, 6.45) is 4.40. The molecule has 0 radical (unpaired) electrons. The van der Waals surface area contributed by atoms with Crippen molar-refractivity contribution < 1.29 is 4.79 Å². The number of carbonyl (C=O) groups excluding carboxylic acids is 1. The second-order valence-electron chi connectivity index (χ2n) is 4.48. The Bertz CT molecular complexity index is 381. The van der Waals surface area contributed by atoms with Crippen LogP contribution in [0.1, 0.15) is 54.3 Å². The highest BCUT2D eigenvalue weighted by molar-refractivity contribution is 5.73. The van der Waals surface area contributed by atoms with Gasteiger partial charge >= 0.3 is 0 Å². The number of hydrogen-bond acceptors (Lipinski definition) is 3. The van der Waals surface area contributed by atoms with Crippen LogP contribution in [0.4, 0.5) is 0 Å². The molecule has 0 amide bonds. The topological polar surface area (TPSA) is 47.8 Å². The first-order valence-electron chi connectivity index (χ1n) is 5.21. The molecule has 1 aromatic heterocycles. The summed E-state index contributed by atoms with van der Waals surface area (Å²) in [6, 6.07) is 0.506. The molecule has 1 heterocycles. The van der Waals surface area contributed by atoms with E-state index in [4.69, 9.17) is 0 Å². The van der Waals surface area contributed by atoms with Crippen LogP contribution in [0, 0.1) is 5.92 Å². The third-order valence-corrected chi connectivity index (χ3v) is 3.21. The number of nitrogens with zero attached hydrogens (tertiary/aromatic N) is 3. The highest BCUT2D eigenvalue weighted by atomic mass is 16.1. The third-order valence-electron chi connectivity index (χ3n) is 3.21. The van der Waals surface area contributed by atoms with E-state index < -0.39 is 0 Å². The smallest absolute Gasteiger partial charge is 0.172 e. The molecule has 2 atom stereocenters. The van der Waals surface area contributed by atoms with E-state index >= 15 is 0 Å². The van der Waals surface area contributed by atoms with Crippen LogP contribution in [-0.4, -0.2) is 21.3 Å². The molecule has 0 N–H and O–H groups in total. The Balaban J connectivity index is 2.01. The van der Waals surface area contributed by atoms with Crippen LogP contribution in [-0.2, 0) is 0 Å². The summed E-state index contributed by atoms with van der Waals surface area (Å²) in [4.78, 5) is 10.8. The first-order valence-corrected chi connectivity index (χ1v) is 5.21. The second kappa shape index (κ2) is 2.65. The SMILES string of the molecule is CC1CC1n1nnc(C=O)c1C1CC1. The average molecular weight is 191 g/mol. The lowest BCUT2D eigenvalue weighted by Gasteiger charge is -2.03. The van der Waals surface area contributed by atoms with Crippen LogP contribution in [0.5, 0.6) is 0 Å². The van der Waals surface area contributed by atoms with Crippen LogP contribution < -0.4 is 0 Å². The number of carbonyl (C=O) groups is 1. The predicted octanol–water partition coefficient (Wildman–Crippen LogP) is 1.55. The van der Waals surface area contributed by atoms with Crippen molar-refractivity contribution in [3.8, 4) is 0 Å². The van der Waals surface area contributed by atoms with Crippen LogP contribution >= 0.6 is 0 Å². The first kappa shape index (κ1) is 8.15. The van der Waals surface area contributed by atoms with Gasteiger partial charge in [-0.15, -0.1) is 5.10 Å². The van der Waals surface area contributed by atoms with Gasteiger partial charge in [-0.05, 0) is 25.2 Å². The zero-order chi connectivity index (χ0) is 9.71. The molecule has 2 aliphatic rings. The molecule has 0 aliphatic heterocycles. The second-order valence-corrected chi connectivity index (χ2v) is 4.48. The minimum Gasteiger partial charge on any atom is -0.296 e. The lowest BCUT2D eigenvalue weighted by atomic mass is 10.2. The molecule has 14 heavy (non-hydrogen) atoms. The van der Waals surface area contributed by atoms with Gasteiger partial charge in [0.1, 0.15) is 5.69 Å². The van der Waals surface area contributed by atoms with Gasteiger partial charge in [0.25, 0.3) is 0 Å². The van der Waals surface area contributed by atoms with Crippen molar-refractivity contribution in [3.63, 3.8) is 0 Å². The lowest BCUT2D eigenvalue weighted by Crippen LogP contribution is -2.03. The number of aromatic nitrogens is 3. The summed E-state index contributed by atoms with van der Waals surface area (Å²) in [5, 5.41) is 8.03. The van der Waals surface area contributed by atoms with Gasteiger partial charge in [0.05, 0.1) is 11.7 Å². The quantitative estimate of drug-likeness (QED) is 0.681. The number of aldehydes is 1. The van der Waals surface area contributed by atoms with Gasteiger partial charge in [0.2, 0.25) is 0 Å². The van der Waals surface area contributed by atoms with Gasteiger partial charge in [0.15, 0.2) is 6.29 Å². The molecule has 4 heteroatoms. The van der Waals surface area contributed by atoms with Crippen molar-refractivity contribution in [2.75, 3.05) is 0 Å². The maximum atomic E-state index is 10.8. The molecular weight excluding hydrogens is 178 g/mol. The van der Waals surface area contributed by atoms with Gasteiger partial charge in [-0.3, -0.25) is 4.79 Å². The fraction of sp³-hybridized carbons (Fsp3) is 0.700. The van der Waals surface area contributed by atoms with Crippen LogP contribution in [0.3, 0.4) is 0 Å². The Morgan fingerprint density at radius 1 is 1.50 bits per heavy atom. The molecule has 0 bridgehead atoms. The Labute approximate surface area is 82.3 Å². The molecule has 1 aromatic rings. The first-order chi connectivity index (χ1) is 6.81. The zero-order valence-corrected chi connectivity index (χ0v) is 8.18. The fourth-order valence-corrected chi connectivity index (χ4v) is 2.04. The summed E-state index contributed by atoms with van der Waals surface area (Å²) < 4.78 is 1.99. The van der Waals surface area contributed by atoms with Crippen LogP contribution in [0.15, 0.2) is 0 Å². The maximum absolute atomic E-state index is 10.8. The zero-order valence-electron chi connectivity index (χ0n) is 8.18. The van der Waals surface area contributed by atoms with Crippen molar-refractivity contribution >= 4 is 6.29 Å². The van der Waals surface area contributed by atoms with E-state index in [1.54, 1.807) is 0 Å². The largest absolute Gasteiger partial charge is 0.296 e. The van der Waals surface area contributed by atoms with E-state index in [2.05, 4.69) is 17.2 Å². The van der Waals surface area contributed by atoms with Gasteiger partial charge in [-0.2, -0.15) is 0 Å². The van der Waals surface area contributed by atoms with Gasteiger partial charge in [-0.25, -0.2) is 4.68 Å². The van der Waals surface area contributed by atoms with E-state index in [1.807, 2.05) is 4.68 Å². The molecular formula is C10H13N3O. The summed E-state index contributed by atoms with van der Waals surface area (Å²) in [6.45, 7) is 2.21. The van der Waals surface area contributed by atoms with E-state index in [1.165, 1.54) is 19.3 Å². The highest BCUT2D eigenvalue weighted by Crippen LogP contribution is 2.48. The van der Waals surface area contributed by atoms with Crippen LogP contribution in [0.2, 0.25) is 0 Å². The Kier molecular flexibility index (Phi) is 1.54. The normalized spacial score (nSPS) is 30.4. The molecule has 2 aliphatic carbocycles. The molecule has 0 saturated heterocycles. The van der Waals surface area contributed by atoms with Crippen molar-refractivity contribution in [2.45, 2.75) is 38.1 Å². The van der Waals surface area contributed by atoms with Gasteiger partial charge in [-0.1, -0.05) is 12.1 Å². The van der Waals surface area contributed by atoms with Crippen molar-refractivity contribution in [3.05, 3.63) is 11.4 Å². The van der Waals surface area contributed by atoms with Crippen molar-refractivity contribution in [1.29, 1.82) is 0 Å². The van der Waals surface area contributed by atoms with E-state index in [0.29, 0.717) is 23.6 Å². The van der Waals surface area contributed by atoms with Gasteiger partial charge < -0.3 is 0 Å². The molecule has 0 aromatic carbocycles. The van der Waals surface area contributed by atoms with Crippen molar-refractivity contribution in [2.24, 2.45) is 5.92 Å². The Morgan fingerprint density at radius 3 is 2.71 bits per heavy atom. The monoisotopic (exact) mass is 191 g/mol. The van der Waals surface area contributed by atoms with E-state index in [0.717, 1.165) is 12.0 Å².